The van der Waals surface area contributed by atoms with Gasteiger partial charge in [-0.3, -0.25) is 0 Å². The second-order valence-corrected chi connectivity index (χ2v) is 4.86. The van der Waals surface area contributed by atoms with E-state index in [2.05, 4.69) is 19.2 Å². The van der Waals surface area contributed by atoms with E-state index in [-0.39, 0.29) is 5.75 Å². The van der Waals surface area contributed by atoms with Crippen molar-refractivity contribution in [3.63, 3.8) is 0 Å². The molecule has 1 N–H and O–H groups in total. The SMILES string of the molecule is CC(C)NCc1cccc(Oc2ccc(F)c(F)c2)c1. The Labute approximate surface area is 117 Å². The van der Waals surface area contributed by atoms with Gasteiger partial charge >= 0.3 is 0 Å². The first-order valence-electron chi connectivity index (χ1n) is 6.50. The van der Waals surface area contributed by atoms with Gasteiger partial charge in [0, 0.05) is 18.7 Å². The van der Waals surface area contributed by atoms with Gasteiger partial charge in [0.15, 0.2) is 11.6 Å². The minimum absolute atomic E-state index is 0.276. The van der Waals surface area contributed by atoms with E-state index >= 15 is 0 Å². The van der Waals surface area contributed by atoms with Crippen LogP contribution < -0.4 is 10.1 Å². The second-order valence-electron chi connectivity index (χ2n) is 4.86. The molecule has 2 aromatic carbocycles. The van der Waals surface area contributed by atoms with Crippen molar-refractivity contribution in [2.45, 2.75) is 26.4 Å². The van der Waals surface area contributed by atoms with Gasteiger partial charge in [0.2, 0.25) is 0 Å². The van der Waals surface area contributed by atoms with E-state index in [0.717, 1.165) is 24.2 Å². The van der Waals surface area contributed by atoms with Crippen LogP contribution in [0.15, 0.2) is 42.5 Å². The molecule has 0 unspecified atom stereocenters. The van der Waals surface area contributed by atoms with E-state index in [1.807, 2.05) is 18.2 Å². The van der Waals surface area contributed by atoms with E-state index in [9.17, 15) is 8.78 Å². The van der Waals surface area contributed by atoms with Gasteiger partial charge in [-0.05, 0) is 29.8 Å². The van der Waals surface area contributed by atoms with Crippen molar-refractivity contribution >= 4 is 0 Å². The standard InChI is InChI=1S/C16H17F2NO/c1-11(2)19-10-12-4-3-5-13(8-12)20-14-6-7-15(17)16(18)9-14/h3-9,11,19H,10H2,1-2H3. The number of benzene rings is 2. The quantitative estimate of drug-likeness (QED) is 0.882. The lowest BCUT2D eigenvalue weighted by Gasteiger charge is -2.10. The summed E-state index contributed by atoms with van der Waals surface area (Å²) in [5.41, 5.74) is 1.07. The maximum Gasteiger partial charge on any atom is 0.162 e. The first-order valence-corrected chi connectivity index (χ1v) is 6.50. The normalized spacial score (nSPS) is 10.8. The zero-order valence-corrected chi connectivity index (χ0v) is 11.5. The molecule has 20 heavy (non-hydrogen) atoms. The van der Waals surface area contributed by atoms with Crippen LogP contribution in [0.5, 0.6) is 11.5 Å². The summed E-state index contributed by atoms with van der Waals surface area (Å²) >= 11 is 0. The van der Waals surface area contributed by atoms with Gasteiger partial charge in [-0.1, -0.05) is 26.0 Å². The summed E-state index contributed by atoms with van der Waals surface area (Å²) in [6.07, 6.45) is 0. The Morgan fingerprint density at radius 3 is 2.45 bits per heavy atom. The average molecular weight is 277 g/mol. The van der Waals surface area contributed by atoms with Crippen LogP contribution in [0, 0.1) is 11.6 Å². The Bertz CT molecular complexity index is 584. The maximum atomic E-state index is 13.1. The van der Waals surface area contributed by atoms with Gasteiger partial charge in [-0.25, -0.2) is 8.78 Å². The van der Waals surface area contributed by atoms with Crippen LogP contribution in [0.4, 0.5) is 8.78 Å². The van der Waals surface area contributed by atoms with E-state index < -0.39 is 11.6 Å². The van der Waals surface area contributed by atoms with Gasteiger partial charge in [0.25, 0.3) is 0 Å². The first-order chi connectivity index (χ1) is 9.54. The van der Waals surface area contributed by atoms with Crippen molar-refractivity contribution in [3.05, 3.63) is 59.7 Å². The number of hydrogen-bond donors (Lipinski definition) is 1. The van der Waals surface area contributed by atoms with Gasteiger partial charge in [-0.2, -0.15) is 0 Å². The van der Waals surface area contributed by atoms with E-state index in [1.165, 1.54) is 6.07 Å². The highest BCUT2D eigenvalue weighted by Crippen LogP contribution is 2.23. The van der Waals surface area contributed by atoms with E-state index in [4.69, 9.17) is 4.74 Å². The number of hydrogen-bond acceptors (Lipinski definition) is 2. The second kappa shape index (κ2) is 6.48. The lowest BCUT2D eigenvalue weighted by molar-refractivity contribution is 0.460. The monoisotopic (exact) mass is 277 g/mol. The van der Waals surface area contributed by atoms with Gasteiger partial charge in [0.05, 0.1) is 0 Å². The molecule has 0 aliphatic carbocycles. The predicted molar refractivity (Wildman–Crippen MR) is 74.8 cm³/mol. The predicted octanol–water partition coefficient (Wildman–Crippen LogP) is 4.26. The fourth-order valence-corrected chi connectivity index (χ4v) is 1.72. The summed E-state index contributed by atoms with van der Waals surface area (Å²) in [4.78, 5) is 0. The lowest BCUT2D eigenvalue weighted by Crippen LogP contribution is -2.21. The van der Waals surface area contributed by atoms with E-state index in [1.54, 1.807) is 6.07 Å². The van der Waals surface area contributed by atoms with Crippen LogP contribution >= 0.6 is 0 Å². The molecular formula is C16H17F2NO. The summed E-state index contributed by atoms with van der Waals surface area (Å²) in [6.45, 7) is 4.87. The molecule has 0 saturated carbocycles. The molecule has 0 saturated heterocycles. The molecular weight excluding hydrogens is 260 g/mol. The molecule has 106 valence electrons. The van der Waals surface area contributed by atoms with Gasteiger partial charge in [-0.15, -0.1) is 0 Å². The van der Waals surface area contributed by atoms with Crippen LogP contribution in [0.2, 0.25) is 0 Å². The van der Waals surface area contributed by atoms with Crippen molar-refractivity contribution in [2.75, 3.05) is 0 Å². The molecule has 0 spiro atoms. The number of nitrogens with one attached hydrogen (secondary N) is 1. The molecule has 4 heteroatoms. The number of halogens is 2. The fraction of sp³-hybridized carbons (Fsp3) is 0.250. The van der Waals surface area contributed by atoms with Crippen molar-refractivity contribution < 1.29 is 13.5 Å². The summed E-state index contributed by atoms with van der Waals surface area (Å²) in [6, 6.07) is 11.4. The molecule has 0 aliphatic heterocycles. The van der Waals surface area contributed by atoms with Crippen molar-refractivity contribution in [1.82, 2.24) is 5.32 Å². The molecule has 0 radical (unpaired) electrons. The molecule has 2 aromatic rings. The van der Waals surface area contributed by atoms with Gasteiger partial charge < -0.3 is 10.1 Å². The highest BCUT2D eigenvalue weighted by Gasteiger charge is 2.05. The molecule has 0 amide bonds. The highest BCUT2D eigenvalue weighted by molar-refractivity contribution is 5.34. The molecule has 2 rings (SSSR count). The molecule has 0 atom stereocenters. The Morgan fingerprint density at radius 2 is 1.75 bits per heavy atom. The Balaban J connectivity index is 2.08. The number of ether oxygens (including phenoxy) is 1. The first kappa shape index (κ1) is 14.5. The minimum atomic E-state index is -0.917. The summed E-state index contributed by atoms with van der Waals surface area (Å²) in [7, 11) is 0. The number of rotatable bonds is 5. The lowest BCUT2D eigenvalue weighted by atomic mass is 10.2. The maximum absolute atomic E-state index is 13.1. The van der Waals surface area contributed by atoms with Gasteiger partial charge in [0.1, 0.15) is 11.5 Å². The van der Waals surface area contributed by atoms with Crippen molar-refractivity contribution in [2.24, 2.45) is 0 Å². The van der Waals surface area contributed by atoms with Crippen LogP contribution in [0.3, 0.4) is 0 Å². The average Bonchev–Trinajstić information content (AvgIpc) is 2.41. The van der Waals surface area contributed by atoms with Crippen LogP contribution in [-0.4, -0.2) is 6.04 Å². The largest absolute Gasteiger partial charge is 0.457 e. The molecule has 0 bridgehead atoms. The third-order valence-corrected chi connectivity index (χ3v) is 2.74. The topological polar surface area (TPSA) is 21.3 Å². The third-order valence-electron chi connectivity index (χ3n) is 2.74. The molecule has 0 aromatic heterocycles. The van der Waals surface area contributed by atoms with E-state index in [0.29, 0.717) is 11.8 Å². The minimum Gasteiger partial charge on any atom is -0.457 e. The molecule has 0 fully saturated rings. The molecule has 0 heterocycles. The van der Waals surface area contributed by atoms with Crippen LogP contribution in [0.25, 0.3) is 0 Å². The Hall–Kier alpha value is -1.94. The van der Waals surface area contributed by atoms with Crippen molar-refractivity contribution in [3.8, 4) is 11.5 Å². The molecule has 0 aliphatic rings. The van der Waals surface area contributed by atoms with Crippen LogP contribution in [0.1, 0.15) is 19.4 Å². The molecule has 2 nitrogen and oxygen atoms in total. The third kappa shape index (κ3) is 4.03. The summed E-state index contributed by atoms with van der Waals surface area (Å²) < 4.78 is 31.5. The van der Waals surface area contributed by atoms with Crippen LogP contribution in [-0.2, 0) is 6.54 Å². The Morgan fingerprint density at radius 1 is 1.00 bits per heavy atom. The fourth-order valence-electron chi connectivity index (χ4n) is 1.72. The van der Waals surface area contributed by atoms with Crippen molar-refractivity contribution in [1.29, 1.82) is 0 Å². The zero-order chi connectivity index (χ0) is 14.5. The summed E-state index contributed by atoms with van der Waals surface area (Å²) in [5, 5.41) is 3.30. The highest BCUT2D eigenvalue weighted by atomic mass is 19.2. The zero-order valence-electron chi connectivity index (χ0n) is 11.5. The Kier molecular flexibility index (Phi) is 4.69. The summed E-state index contributed by atoms with van der Waals surface area (Å²) in [5.74, 6) is -0.927. The smallest absolute Gasteiger partial charge is 0.162 e.